The Balaban J connectivity index is 0.00000196. The van der Waals surface area contributed by atoms with Crippen LogP contribution in [0.25, 0.3) is 0 Å². The lowest BCUT2D eigenvalue weighted by molar-refractivity contribution is 0.469. The highest BCUT2D eigenvalue weighted by atomic mass is 32.2. The van der Waals surface area contributed by atoms with Crippen molar-refractivity contribution in [3.8, 4) is 46.0 Å². The van der Waals surface area contributed by atoms with E-state index in [-0.39, 0.29) is 0 Å². The first-order valence-corrected chi connectivity index (χ1v) is 15.8. The molecule has 0 radical (unpaired) electrons. The molecule has 0 aliphatic rings. The molecule has 0 atom stereocenters. The highest BCUT2D eigenvalue weighted by Gasteiger charge is 2.05. The molecule has 0 saturated carbocycles. The molecule has 6 aromatic carbocycles. The second-order valence-corrected chi connectivity index (χ2v) is 11.2. The van der Waals surface area contributed by atoms with Crippen molar-refractivity contribution in [3.05, 3.63) is 157 Å². The molecule has 0 aliphatic heterocycles. The maximum atomic E-state index is 6.03. The molecule has 226 valence electrons. The zero-order chi connectivity index (χ0) is 31.4. The lowest BCUT2D eigenvalue weighted by Gasteiger charge is -2.10. The summed E-state index contributed by atoms with van der Waals surface area (Å²) >= 11 is 1.68. The van der Waals surface area contributed by atoms with Crippen LogP contribution in [0.2, 0.25) is 0 Å². The Labute approximate surface area is 270 Å². The summed E-state index contributed by atoms with van der Waals surface area (Å²) in [6.07, 6.45) is 0. The molecule has 0 bridgehead atoms. The maximum Gasteiger partial charge on any atom is 0.127 e. The lowest BCUT2D eigenvalue weighted by Crippen LogP contribution is -1.87. The normalized spacial score (nSPS) is 10.3. The Kier molecular flexibility index (Phi) is 10.8. The third kappa shape index (κ3) is 9.43. The van der Waals surface area contributed by atoms with Gasteiger partial charge in [0.15, 0.2) is 0 Å². The van der Waals surface area contributed by atoms with E-state index in [9.17, 15) is 0 Å². The Hall–Kier alpha value is -5.13. The molecule has 6 aromatic rings. The zero-order valence-electron chi connectivity index (χ0n) is 25.9. The fraction of sp³-hybridized carbons (Fsp3) is 0.100. The van der Waals surface area contributed by atoms with Crippen molar-refractivity contribution < 1.29 is 18.9 Å². The summed E-state index contributed by atoms with van der Waals surface area (Å²) in [7, 11) is 0. The average molecular weight is 613 g/mol. The molecule has 5 heteroatoms. The van der Waals surface area contributed by atoms with Crippen LogP contribution in [0.4, 0.5) is 0 Å². The van der Waals surface area contributed by atoms with E-state index in [4.69, 9.17) is 18.9 Å². The summed E-state index contributed by atoms with van der Waals surface area (Å²) in [5, 5.41) is 0. The smallest absolute Gasteiger partial charge is 0.127 e. The first-order valence-electron chi connectivity index (χ1n) is 15.0. The fourth-order valence-corrected chi connectivity index (χ4v) is 5.01. The van der Waals surface area contributed by atoms with E-state index >= 15 is 0 Å². The fourth-order valence-electron chi connectivity index (χ4n) is 4.20. The number of aryl methyl sites for hydroxylation is 2. The molecule has 0 heterocycles. The van der Waals surface area contributed by atoms with Crippen molar-refractivity contribution >= 4 is 11.8 Å². The number of benzene rings is 6. The van der Waals surface area contributed by atoms with Gasteiger partial charge in [-0.1, -0.05) is 61.0 Å². The van der Waals surface area contributed by atoms with Crippen molar-refractivity contribution in [1.82, 2.24) is 0 Å². The van der Waals surface area contributed by atoms with Crippen molar-refractivity contribution in [2.75, 3.05) is 0 Å². The first-order chi connectivity index (χ1) is 22.0. The summed E-state index contributed by atoms with van der Waals surface area (Å²) in [6.45, 7) is 8.11. The van der Waals surface area contributed by atoms with E-state index in [0.717, 1.165) is 55.8 Å². The summed E-state index contributed by atoms with van der Waals surface area (Å²) in [4.78, 5) is 2.24. The van der Waals surface area contributed by atoms with Crippen LogP contribution in [0, 0.1) is 13.8 Å². The van der Waals surface area contributed by atoms with Gasteiger partial charge in [-0.05, 0) is 135 Å². The predicted molar refractivity (Wildman–Crippen MR) is 184 cm³/mol. The second kappa shape index (κ2) is 15.6. The number of rotatable bonds is 10. The van der Waals surface area contributed by atoms with Gasteiger partial charge in [-0.3, -0.25) is 0 Å². The van der Waals surface area contributed by atoms with E-state index in [0.29, 0.717) is 0 Å². The summed E-state index contributed by atoms with van der Waals surface area (Å²) in [6, 6.07) is 47.3. The van der Waals surface area contributed by atoms with Gasteiger partial charge in [-0.25, -0.2) is 0 Å². The minimum atomic E-state index is 0.751. The molecule has 45 heavy (non-hydrogen) atoms. The molecule has 6 rings (SSSR count). The Morgan fingerprint density at radius 1 is 0.289 bits per heavy atom. The van der Waals surface area contributed by atoms with Gasteiger partial charge in [0, 0.05) is 9.79 Å². The zero-order valence-corrected chi connectivity index (χ0v) is 26.7. The van der Waals surface area contributed by atoms with Crippen LogP contribution in [0.5, 0.6) is 46.0 Å². The van der Waals surface area contributed by atoms with Gasteiger partial charge in [-0.15, -0.1) is 0 Å². The topological polar surface area (TPSA) is 36.9 Å². The number of ether oxygens (including phenoxy) is 4. The van der Waals surface area contributed by atoms with Crippen molar-refractivity contribution in [1.29, 1.82) is 0 Å². The summed E-state index contributed by atoms with van der Waals surface area (Å²) in [5.74, 6) is 6.20. The Bertz CT molecular complexity index is 1610. The maximum absolute atomic E-state index is 6.03. The van der Waals surface area contributed by atoms with Gasteiger partial charge in [0.25, 0.3) is 0 Å². The third-order valence-electron chi connectivity index (χ3n) is 6.52. The standard InChI is InChI=1S/C38H30O4S.C2H6/c1-27-3-7-29(8-4-27)39-31-11-15-33(16-12-31)41-35-19-23-37(24-20-35)43-38-25-21-36(22-26-38)42-34-17-13-32(14-18-34)40-30-9-5-28(2)6-10-30;1-2/h3-26H,1-2H3;1-2H3. The van der Waals surface area contributed by atoms with Crippen LogP contribution < -0.4 is 18.9 Å². The molecule has 0 aliphatic carbocycles. The minimum absolute atomic E-state index is 0.751. The third-order valence-corrected chi connectivity index (χ3v) is 7.53. The van der Waals surface area contributed by atoms with Crippen LogP contribution in [0.1, 0.15) is 25.0 Å². The Morgan fingerprint density at radius 2 is 0.467 bits per heavy atom. The molecule has 0 amide bonds. The van der Waals surface area contributed by atoms with Crippen LogP contribution in [0.15, 0.2) is 155 Å². The van der Waals surface area contributed by atoms with E-state index in [1.165, 1.54) is 11.1 Å². The van der Waals surface area contributed by atoms with Crippen LogP contribution >= 0.6 is 11.8 Å². The predicted octanol–water partition coefficient (Wildman–Crippen LogP) is 12.7. The molecule has 4 nitrogen and oxygen atoms in total. The molecule has 0 unspecified atom stereocenters. The highest BCUT2D eigenvalue weighted by Crippen LogP contribution is 2.33. The van der Waals surface area contributed by atoms with E-state index in [2.05, 4.69) is 38.1 Å². The summed E-state index contributed by atoms with van der Waals surface area (Å²) < 4.78 is 23.9. The average Bonchev–Trinajstić information content (AvgIpc) is 3.08. The van der Waals surface area contributed by atoms with E-state index in [1.807, 2.05) is 135 Å². The molecule has 0 saturated heterocycles. The molecule has 0 N–H and O–H groups in total. The quantitative estimate of drug-likeness (QED) is 0.154. The van der Waals surface area contributed by atoms with E-state index < -0.39 is 0 Å². The molecule has 0 spiro atoms. The second-order valence-electron chi connectivity index (χ2n) is 10.0. The largest absolute Gasteiger partial charge is 0.457 e. The minimum Gasteiger partial charge on any atom is -0.457 e. The highest BCUT2D eigenvalue weighted by molar-refractivity contribution is 7.99. The Morgan fingerprint density at radius 3 is 0.689 bits per heavy atom. The van der Waals surface area contributed by atoms with Crippen molar-refractivity contribution in [3.63, 3.8) is 0 Å². The molecular formula is C40H36O4S. The molecule has 0 fully saturated rings. The number of hydrogen-bond donors (Lipinski definition) is 0. The van der Waals surface area contributed by atoms with Crippen LogP contribution in [0.3, 0.4) is 0 Å². The van der Waals surface area contributed by atoms with Crippen molar-refractivity contribution in [2.45, 2.75) is 37.5 Å². The SMILES string of the molecule is CC.Cc1ccc(Oc2ccc(Oc3ccc(Sc4ccc(Oc5ccc(Oc6ccc(C)cc6)cc5)cc4)cc3)cc2)cc1. The molecule has 0 aromatic heterocycles. The van der Waals surface area contributed by atoms with Gasteiger partial charge in [0.05, 0.1) is 0 Å². The monoisotopic (exact) mass is 612 g/mol. The van der Waals surface area contributed by atoms with Gasteiger partial charge in [-0.2, -0.15) is 0 Å². The summed E-state index contributed by atoms with van der Waals surface area (Å²) in [5.41, 5.74) is 2.40. The van der Waals surface area contributed by atoms with Crippen LogP contribution in [-0.4, -0.2) is 0 Å². The lowest BCUT2D eigenvalue weighted by atomic mass is 10.2. The van der Waals surface area contributed by atoms with Crippen molar-refractivity contribution in [2.24, 2.45) is 0 Å². The van der Waals surface area contributed by atoms with Gasteiger partial charge < -0.3 is 18.9 Å². The molecular weight excluding hydrogens is 577 g/mol. The van der Waals surface area contributed by atoms with Gasteiger partial charge in [0.1, 0.15) is 46.0 Å². The van der Waals surface area contributed by atoms with E-state index in [1.54, 1.807) is 11.8 Å². The van der Waals surface area contributed by atoms with Gasteiger partial charge in [0.2, 0.25) is 0 Å². The number of hydrogen-bond acceptors (Lipinski definition) is 5. The first kappa shape index (κ1) is 31.3. The van der Waals surface area contributed by atoms with Crippen LogP contribution in [-0.2, 0) is 0 Å². The van der Waals surface area contributed by atoms with Gasteiger partial charge >= 0.3 is 0 Å².